The minimum Gasteiger partial charge on any atom is -0.372 e. The topological polar surface area (TPSA) is 38.3 Å². The number of carbonyl (C=O) groups is 1. The number of hydrogen-bond donors (Lipinski definition) is 1. The average Bonchev–Trinajstić information content (AvgIpc) is 2.28. The Kier molecular flexibility index (Phi) is 5.19. The van der Waals surface area contributed by atoms with Gasteiger partial charge in [0.15, 0.2) is 0 Å². The van der Waals surface area contributed by atoms with Crippen LogP contribution >= 0.6 is 0 Å². The van der Waals surface area contributed by atoms with Crippen molar-refractivity contribution in [2.24, 2.45) is 11.8 Å². The van der Waals surface area contributed by atoms with Gasteiger partial charge in [0.1, 0.15) is 0 Å². The van der Waals surface area contributed by atoms with Crippen LogP contribution in [0.4, 0.5) is 0 Å². The molecule has 0 aromatic heterocycles. The van der Waals surface area contributed by atoms with Crippen molar-refractivity contribution in [1.82, 2.24) is 5.32 Å². The Morgan fingerprint density at radius 2 is 2.00 bits per heavy atom. The molecule has 0 aromatic carbocycles. The third-order valence-corrected chi connectivity index (χ3v) is 3.90. The lowest BCUT2D eigenvalue weighted by molar-refractivity contribution is -0.136. The van der Waals surface area contributed by atoms with Crippen LogP contribution in [0.2, 0.25) is 0 Å². The van der Waals surface area contributed by atoms with E-state index in [1.807, 2.05) is 6.08 Å². The Morgan fingerprint density at radius 1 is 1.35 bits per heavy atom. The number of rotatable bonds is 4. The lowest BCUT2D eigenvalue weighted by atomic mass is 9.78. The van der Waals surface area contributed by atoms with Crippen molar-refractivity contribution in [1.29, 1.82) is 0 Å². The summed E-state index contributed by atoms with van der Waals surface area (Å²) < 4.78 is 6.09. The summed E-state index contributed by atoms with van der Waals surface area (Å²) >= 11 is 0. The van der Waals surface area contributed by atoms with Crippen molar-refractivity contribution in [3.63, 3.8) is 0 Å². The van der Waals surface area contributed by atoms with E-state index in [0.29, 0.717) is 17.9 Å². The monoisotopic (exact) mass is 239 g/mol. The quantitative estimate of drug-likeness (QED) is 0.766. The van der Waals surface area contributed by atoms with Crippen molar-refractivity contribution in [3.8, 4) is 0 Å². The predicted octanol–water partition coefficient (Wildman–Crippen LogP) is 2.52. The summed E-state index contributed by atoms with van der Waals surface area (Å²) in [6.07, 6.45) is 4.03. The van der Waals surface area contributed by atoms with Gasteiger partial charge in [-0.25, -0.2) is 0 Å². The van der Waals surface area contributed by atoms with E-state index in [4.69, 9.17) is 4.74 Å². The zero-order chi connectivity index (χ0) is 13.0. The molecule has 0 bridgehead atoms. The fourth-order valence-corrected chi connectivity index (χ4v) is 2.73. The predicted molar refractivity (Wildman–Crippen MR) is 69.7 cm³/mol. The number of amides is 1. The van der Waals surface area contributed by atoms with Gasteiger partial charge in [0, 0.05) is 6.92 Å². The van der Waals surface area contributed by atoms with Crippen LogP contribution in [0, 0.1) is 11.8 Å². The van der Waals surface area contributed by atoms with Crippen LogP contribution in [0.1, 0.15) is 40.5 Å². The molecule has 5 atom stereocenters. The van der Waals surface area contributed by atoms with E-state index in [1.54, 1.807) is 6.92 Å². The van der Waals surface area contributed by atoms with Gasteiger partial charge >= 0.3 is 0 Å². The standard InChI is InChI=1S/C14H25NO2/c1-6-8-13-14(15-11(5)16)10(4)9(3)12(7-2)17-13/h6,9-10,12-14H,1,7-8H2,2-5H3,(H,15,16)/t9-,10+,12-,13-,14-/m1/s1. The van der Waals surface area contributed by atoms with E-state index >= 15 is 0 Å². The molecule has 0 aromatic rings. The zero-order valence-electron chi connectivity index (χ0n) is 11.4. The molecular formula is C14H25NO2. The molecule has 1 rings (SSSR count). The van der Waals surface area contributed by atoms with E-state index in [1.165, 1.54) is 0 Å². The smallest absolute Gasteiger partial charge is 0.217 e. The van der Waals surface area contributed by atoms with E-state index in [0.717, 1.165) is 12.8 Å². The van der Waals surface area contributed by atoms with Crippen LogP contribution in [0.15, 0.2) is 12.7 Å². The van der Waals surface area contributed by atoms with Gasteiger partial charge in [-0.2, -0.15) is 0 Å². The molecule has 0 unspecified atom stereocenters. The number of hydrogen-bond acceptors (Lipinski definition) is 2. The summed E-state index contributed by atoms with van der Waals surface area (Å²) in [4.78, 5) is 11.3. The second-order valence-corrected chi connectivity index (χ2v) is 5.09. The SMILES string of the molecule is C=CC[C@H]1O[C@H](CC)[C@H](C)[C@H](C)[C@H]1NC(C)=O. The van der Waals surface area contributed by atoms with Crippen molar-refractivity contribution < 1.29 is 9.53 Å². The first-order valence-corrected chi connectivity index (χ1v) is 6.54. The highest BCUT2D eigenvalue weighted by molar-refractivity contribution is 5.73. The normalized spacial score (nSPS) is 37.5. The second-order valence-electron chi connectivity index (χ2n) is 5.09. The van der Waals surface area contributed by atoms with Crippen LogP contribution in [0.3, 0.4) is 0 Å². The molecule has 17 heavy (non-hydrogen) atoms. The second kappa shape index (κ2) is 6.20. The number of carbonyl (C=O) groups excluding carboxylic acids is 1. The summed E-state index contributed by atoms with van der Waals surface area (Å²) in [5.74, 6) is 0.919. The van der Waals surface area contributed by atoms with Gasteiger partial charge in [0.05, 0.1) is 18.2 Å². The van der Waals surface area contributed by atoms with Gasteiger partial charge in [-0.05, 0) is 24.7 Å². The van der Waals surface area contributed by atoms with Gasteiger partial charge < -0.3 is 10.1 Å². The van der Waals surface area contributed by atoms with Crippen molar-refractivity contribution >= 4 is 5.91 Å². The summed E-state index contributed by atoms with van der Waals surface area (Å²) in [5, 5.41) is 3.03. The van der Waals surface area contributed by atoms with Crippen LogP contribution in [-0.2, 0) is 9.53 Å². The molecule has 0 spiro atoms. The van der Waals surface area contributed by atoms with E-state index in [2.05, 4.69) is 32.7 Å². The minimum absolute atomic E-state index is 0.0154. The summed E-state index contributed by atoms with van der Waals surface area (Å²) in [7, 11) is 0. The minimum atomic E-state index is 0.0154. The van der Waals surface area contributed by atoms with Gasteiger partial charge in [-0.1, -0.05) is 26.8 Å². The highest BCUT2D eigenvalue weighted by atomic mass is 16.5. The van der Waals surface area contributed by atoms with Gasteiger partial charge in [-0.15, -0.1) is 6.58 Å². The maximum absolute atomic E-state index is 11.3. The summed E-state index contributed by atoms with van der Waals surface area (Å²) in [6.45, 7) is 11.9. The third-order valence-electron chi connectivity index (χ3n) is 3.90. The summed E-state index contributed by atoms with van der Waals surface area (Å²) in [5.41, 5.74) is 0. The Labute approximate surface area is 105 Å². The molecular weight excluding hydrogens is 214 g/mol. The molecule has 0 saturated carbocycles. The van der Waals surface area contributed by atoms with Crippen LogP contribution < -0.4 is 5.32 Å². The maximum atomic E-state index is 11.3. The zero-order valence-corrected chi connectivity index (χ0v) is 11.4. The molecule has 1 saturated heterocycles. The highest BCUT2D eigenvalue weighted by Crippen LogP contribution is 2.33. The Hall–Kier alpha value is -0.830. The molecule has 3 heteroatoms. The first kappa shape index (κ1) is 14.2. The van der Waals surface area contributed by atoms with Crippen LogP contribution in [-0.4, -0.2) is 24.2 Å². The molecule has 1 aliphatic rings. The lowest BCUT2D eigenvalue weighted by Gasteiger charge is -2.45. The first-order chi connectivity index (χ1) is 8.01. The maximum Gasteiger partial charge on any atom is 0.217 e. The molecule has 3 nitrogen and oxygen atoms in total. The van der Waals surface area contributed by atoms with Crippen molar-refractivity contribution in [2.75, 3.05) is 0 Å². The molecule has 1 heterocycles. The summed E-state index contributed by atoms with van der Waals surface area (Å²) in [6, 6.07) is 0.100. The molecule has 0 radical (unpaired) electrons. The molecule has 1 amide bonds. The Morgan fingerprint density at radius 3 is 2.47 bits per heavy atom. The van der Waals surface area contributed by atoms with Gasteiger partial charge in [-0.3, -0.25) is 4.79 Å². The van der Waals surface area contributed by atoms with Gasteiger partial charge in [0.25, 0.3) is 0 Å². The molecule has 0 aliphatic carbocycles. The number of nitrogens with one attached hydrogen (secondary N) is 1. The molecule has 1 N–H and O–H groups in total. The molecule has 1 aliphatic heterocycles. The fourth-order valence-electron chi connectivity index (χ4n) is 2.73. The average molecular weight is 239 g/mol. The van der Waals surface area contributed by atoms with Gasteiger partial charge in [0.2, 0.25) is 5.91 Å². The molecule has 98 valence electrons. The van der Waals surface area contributed by atoms with Crippen molar-refractivity contribution in [3.05, 3.63) is 12.7 Å². The third kappa shape index (κ3) is 3.32. The van der Waals surface area contributed by atoms with E-state index < -0.39 is 0 Å². The number of ether oxygens (including phenoxy) is 1. The highest BCUT2D eigenvalue weighted by Gasteiger charge is 2.40. The van der Waals surface area contributed by atoms with Crippen LogP contribution in [0.5, 0.6) is 0 Å². The fraction of sp³-hybridized carbons (Fsp3) is 0.786. The molecule has 1 fully saturated rings. The first-order valence-electron chi connectivity index (χ1n) is 6.54. The van der Waals surface area contributed by atoms with Crippen LogP contribution in [0.25, 0.3) is 0 Å². The lowest BCUT2D eigenvalue weighted by Crippen LogP contribution is -2.56. The van der Waals surface area contributed by atoms with E-state index in [-0.39, 0.29) is 18.1 Å². The van der Waals surface area contributed by atoms with Crippen molar-refractivity contribution in [2.45, 2.75) is 58.8 Å². The largest absolute Gasteiger partial charge is 0.372 e. The Balaban J connectivity index is 2.82. The Bertz CT molecular complexity index is 277. The van der Waals surface area contributed by atoms with E-state index in [9.17, 15) is 4.79 Å².